The second-order valence-electron chi connectivity index (χ2n) is 4.27. The van der Waals surface area contributed by atoms with Crippen molar-refractivity contribution in [2.45, 2.75) is 25.5 Å². The van der Waals surface area contributed by atoms with Gasteiger partial charge in [0.1, 0.15) is 0 Å². The highest BCUT2D eigenvalue weighted by Gasteiger charge is 2.17. The maximum atomic E-state index is 10.8. The van der Waals surface area contributed by atoms with Gasteiger partial charge in [-0.05, 0) is 18.9 Å². The van der Waals surface area contributed by atoms with Crippen LogP contribution in [0.3, 0.4) is 0 Å². The number of nitrogens with zero attached hydrogens (tertiary/aromatic N) is 1. The molecule has 3 N–H and O–H groups in total. The number of hydrogen-bond acceptors (Lipinski definition) is 5. The number of ether oxygens (including phenoxy) is 1. The quantitative estimate of drug-likeness (QED) is 0.589. The lowest BCUT2D eigenvalue weighted by Crippen LogP contribution is -2.27. The normalized spacial score (nSPS) is 14.2. The van der Waals surface area contributed by atoms with Gasteiger partial charge in [0.05, 0.1) is 17.6 Å². The fourth-order valence-corrected chi connectivity index (χ4v) is 1.74. The van der Waals surface area contributed by atoms with Crippen LogP contribution in [0.2, 0.25) is 0 Å². The van der Waals surface area contributed by atoms with Crippen LogP contribution in [-0.2, 0) is 4.74 Å². The van der Waals surface area contributed by atoms with Crippen LogP contribution in [0.5, 0.6) is 0 Å². The predicted molar refractivity (Wildman–Crippen MR) is 67.3 cm³/mol. The van der Waals surface area contributed by atoms with Crippen LogP contribution in [0.1, 0.15) is 23.7 Å². The van der Waals surface area contributed by atoms with Crippen molar-refractivity contribution >= 4 is 5.69 Å². The average Bonchev–Trinajstić information content (AvgIpc) is 2.29. The average molecular weight is 254 g/mol. The zero-order valence-electron chi connectivity index (χ0n) is 10.5. The van der Waals surface area contributed by atoms with Gasteiger partial charge < -0.3 is 15.6 Å². The monoisotopic (exact) mass is 254 g/mol. The Kier molecular flexibility index (Phi) is 5.21. The molecule has 1 aromatic rings. The van der Waals surface area contributed by atoms with Crippen molar-refractivity contribution in [3.8, 4) is 0 Å². The first kappa shape index (κ1) is 14.6. The van der Waals surface area contributed by atoms with E-state index in [1.54, 1.807) is 19.1 Å². The summed E-state index contributed by atoms with van der Waals surface area (Å²) in [6, 6.07) is 4.38. The third-order valence-electron chi connectivity index (χ3n) is 2.72. The number of methoxy groups -OCH3 is 1. The van der Waals surface area contributed by atoms with Crippen molar-refractivity contribution in [3.63, 3.8) is 0 Å². The van der Waals surface area contributed by atoms with Gasteiger partial charge in [-0.25, -0.2) is 0 Å². The first-order valence-corrected chi connectivity index (χ1v) is 5.63. The van der Waals surface area contributed by atoms with Crippen molar-refractivity contribution in [2.75, 3.05) is 13.7 Å². The highest BCUT2D eigenvalue weighted by molar-refractivity contribution is 5.43. The molecule has 0 fully saturated rings. The minimum Gasteiger partial charge on any atom is -0.388 e. The molecule has 2 unspecified atom stereocenters. The summed E-state index contributed by atoms with van der Waals surface area (Å²) in [5, 5.41) is 20.8. The van der Waals surface area contributed by atoms with Crippen LogP contribution in [-0.4, -0.2) is 29.8 Å². The molecule has 6 nitrogen and oxygen atoms in total. The third kappa shape index (κ3) is 3.76. The highest BCUT2D eigenvalue weighted by atomic mass is 16.6. The van der Waals surface area contributed by atoms with E-state index in [4.69, 9.17) is 10.5 Å². The van der Waals surface area contributed by atoms with Gasteiger partial charge in [-0.2, -0.15) is 0 Å². The number of nitrogens with two attached hydrogens (primary N) is 1. The second kappa shape index (κ2) is 6.44. The Morgan fingerprint density at radius 2 is 2.22 bits per heavy atom. The molecule has 2 atom stereocenters. The molecule has 0 aliphatic carbocycles. The second-order valence-corrected chi connectivity index (χ2v) is 4.27. The molecule has 18 heavy (non-hydrogen) atoms. The number of aliphatic hydroxyl groups excluding tert-OH is 1. The van der Waals surface area contributed by atoms with Crippen LogP contribution in [0.4, 0.5) is 5.69 Å². The molecule has 0 saturated carbocycles. The van der Waals surface area contributed by atoms with Crippen molar-refractivity contribution < 1.29 is 14.8 Å². The Balaban J connectivity index is 2.83. The molecule has 0 aromatic heterocycles. The molecule has 0 heterocycles. The van der Waals surface area contributed by atoms with E-state index in [-0.39, 0.29) is 11.7 Å². The van der Waals surface area contributed by atoms with Gasteiger partial charge in [0.2, 0.25) is 0 Å². The first-order chi connectivity index (χ1) is 8.45. The van der Waals surface area contributed by atoms with Crippen LogP contribution >= 0.6 is 0 Å². The summed E-state index contributed by atoms with van der Waals surface area (Å²) in [6.07, 6.45) is -0.525. The minimum atomic E-state index is -0.825. The Bertz CT molecular complexity index is 423. The minimum absolute atomic E-state index is 0.00635. The molecule has 1 rings (SSSR count). The van der Waals surface area contributed by atoms with E-state index >= 15 is 0 Å². The molecule has 6 heteroatoms. The van der Waals surface area contributed by atoms with Crippen molar-refractivity contribution in [1.29, 1.82) is 0 Å². The molecule has 0 spiro atoms. The van der Waals surface area contributed by atoms with Gasteiger partial charge in [0, 0.05) is 24.8 Å². The van der Waals surface area contributed by atoms with Gasteiger partial charge in [-0.15, -0.1) is 0 Å². The fraction of sp³-hybridized carbons (Fsp3) is 0.500. The van der Waals surface area contributed by atoms with Crippen LogP contribution in [0.15, 0.2) is 18.2 Å². The number of benzene rings is 1. The maximum Gasteiger partial charge on any atom is 0.272 e. The standard InChI is InChI=1S/C12H18N2O4/c1-8-3-4-9(5-11(8)14(16)17)12(15)6-10(13)7-18-2/h3-5,10,12,15H,6-7,13H2,1-2H3. The van der Waals surface area contributed by atoms with E-state index < -0.39 is 11.0 Å². The van der Waals surface area contributed by atoms with Crippen LogP contribution in [0.25, 0.3) is 0 Å². The summed E-state index contributed by atoms with van der Waals surface area (Å²) < 4.78 is 4.88. The summed E-state index contributed by atoms with van der Waals surface area (Å²) in [7, 11) is 1.53. The topological polar surface area (TPSA) is 98.6 Å². The zero-order chi connectivity index (χ0) is 13.7. The number of nitro benzene ring substituents is 1. The van der Waals surface area contributed by atoms with Crippen LogP contribution in [0, 0.1) is 17.0 Å². The van der Waals surface area contributed by atoms with Crippen molar-refractivity contribution in [3.05, 3.63) is 39.4 Å². The summed E-state index contributed by atoms with van der Waals surface area (Å²) in [5.41, 5.74) is 6.80. The summed E-state index contributed by atoms with van der Waals surface area (Å²) in [5.74, 6) is 0. The van der Waals surface area contributed by atoms with Gasteiger partial charge in [0.25, 0.3) is 5.69 Å². The number of rotatable bonds is 6. The maximum absolute atomic E-state index is 10.8. The SMILES string of the molecule is COCC(N)CC(O)c1ccc(C)c([N+](=O)[O-])c1. The molecule has 100 valence electrons. The zero-order valence-corrected chi connectivity index (χ0v) is 10.5. The Morgan fingerprint density at radius 1 is 1.56 bits per heavy atom. The largest absolute Gasteiger partial charge is 0.388 e. The van der Waals surface area contributed by atoms with E-state index in [1.807, 2.05) is 0 Å². The molecule has 0 radical (unpaired) electrons. The van der Waals surface area contributed by atoms with Crippen molar-refractivity contribution in [2.24, 2.45) is 5.73 Å². The first-order valence-electron chi connectivity index (χ1n) is 5.63. The number of hydrogen-bond donors (Lipinski definition) is 2. The Morgan fingerprint density at radius 3 is 2.78 bits per heavy atom. The van der Waals surface area contributed by atoms with E-state index in [2.05, 4.69) is 0 Å². The number of aryl methyl sites for hydroxylation is 1. The highest BCUT2D eigenvalue weighted by Crippen LogP contribution is 2.25. The third-order valence-corrected chi connectivity index (χ3v) is 2.72. The Labute approximate surface area is 106 Å². The summed E-state index contributed by atoms with van der Waals surface area (Å²) in [4.78, 5) is 10.3. The lowest BCUT2D eigenvalue weighted by Gasteiger charge is -2.16. The van der Waals surface area contributed by atoms with E-state index in [1.165, 1.54) is 13.2 Å². The van der Waals surface area contributed by atoms with Crippen LogP contribution < -0.4 is 5.73 Å². The lowest BCUT2D eigenvalue weighted by atomic mass is 10.0. The summed E-state index contributed by atoms with van der Waals surface area (Å²) in [6.45, 7) is 2.00. The lowest BCUT2D eigenvalue weighted by molar-refractivity contribution is -0.385. The van der Waals surface area contributed by atoms with E-state index in [0.29, 0.717) is 24.2 Å². The number of aliphatic hydroxyl groups is 1. The molecule has 0 saturated heterocycles. The Hall–Kier alpha value is -1.50. The molecule has 0 aliphatic heterocycles. The molecule has 0 amide bonds. The van der Waals surface area contributed by atoms with Gasteiger partial charge in [0.15, 0.2) is 0 Å². The van der Waals surface area contributed by atoms with Crippen molar-refractivity contribution in [1.82, 2.24) is 0 Å². The molecule has 0 aliphatic rings. The summed E-state index contributed by atoms with van der Waals surface area (Å²) >= 11 is 0. The van der Waals surface area contributed by atoms with Gasteiger partial charge >= 0.3 is 0 Å². The molecule has 0 bridgehead atoms. The smallest absolute Gasteiger partial charge is 0.272 e. The fourth-order valence-electron chi connectivity index (χ4n) is 1.74. The number of nitro groups is 1. The molecular weight excluding hydrogens is 236 g/mol. The molecule has 1 aromatic carbocycles. The molecular formula is C12H18N2O4. The van der Waals surface area contributed by atoms with Gasteiger partial charge in [-0.3, -0.25) is 10.1 Å². The van der Waals surface area contributed by atoms with Gasteiger partial charge in [-0.1, -0.05) is 12.1 Å². The van der Waals surface area contributed by atoms with E-state index in [0.717, 1.165) is 0 Å². The van der Waals surface area contributed by atoms with E-state index in [9.17, 15) is 15.2 Å². The predicted octanol–water partition coefficient (Wildman–Crippen LogP) is 1.30.